The van der Waals surface area contributed by atoms with E-state index in [9.17, 15) is 4.79 Å². The summed E-state index contributed by atoms with van der Waals surface area (Å²) < 4.78 is 16.0. The van der Waals surface area contributed by atoms with Crippen molar-refractivity contribution >= 4 is 12.1 Å². The molecule has 4 aromatic rings. The van der Waals surface area contributed by atoms with Gasteiger partial charge in [-0.1, -0.05) is 42.5 Å². The van der Waals surface area contributed by atoms with Crippen LogP contribution in [0.15, 0.2) is 71.8 Å². The molecule has 0 fully saturated rings. The SMILES string of the molecule is COc1cc(/C=N/NC(=O)c2ccc(Cn3nnc(-c4ccccc4)n3)cc2)cc(OC)c1OC. The summed E-state index contributed by atoms with van der Waals surface area (Å²) in [5.74, 6) is 1.69. The summed E-state index contributed by atoms with van der Waals surface area (Å²) in [6.45, 7) is 0.432. The van der Waals surface area contributed by atoms with E-state index in [0.29, 0.717) is 40.7 Å². The molecular weight excluding hydrogens is 448 g/mol. The molecule has 0 spiro atoms. The number of hydrogen-bond donors (Lipinski definition) is 1. The van der Waals surface area contributed by atoms with Gasteiger partial charge >= 0.3 is 0 Å². The van der Waals surface area contributed by atoms with Gasteiger partial charge in [-0.15, -0.1) is 10.2 Å². The lowest BCUT2D eigenvalue weighted by Gasteiger charge is -2.12. The smallest absolute Gasteiger partial charge is 0.271 e. The lowest BCUT2D eigenvalue weighted by atomic mass is 10.1. The molecule has 1 heterocycles. The monoisotopic (exact) mass is 472 g/mol. The molecule has 0 radical (unpaired) electrons. The fourth-order valence-electron chi connectivity index (χ4n) is 3.34. The van der Waals surface area contributed by atoms with Gasteiger partial charge in [0, 0.05) is 16.7 Å². The maximum Gasteiger partial charge on any atom is 0.271 e. The van der Waals surface area contributed by atoms with Gasteiger partial charge in [0.2, 0.25) is 11.6 Å². The summed E-state index contributed by atoms with van der Waals surface area (Å²) in [7, 11) is 4.60. The number of hydrogen-bond acceptors (Lipinski definition) is 8. The van der Waals surface area contributed by atoms with Crippen molar-refractivity contribution in [3.8, 4) is 28.6 Å². The number of aromatic nitrogens is 4. The molecule has 10 nitrogen and oxygen atoms in total. The molecule has 3 aromatic carbocycles. The molecule has 1 N–H and O–H groups in total. The fourth-order valence-corrected chi connectivity index (χ4v) is 3.34. The molecule has 0 aliphatic carbocycles. The number of hydrazone groups is 1. The Hall–Kier alpha value is -4.73. The lowest BCUT2D eigenvalue weighted by Crippen LogP contribution is -2.17. The van der Waals surface area contributed by atoms with Crippen molar-refractivity contribution in [3.05, 3.63) is 83.4 Å². The van der Waals surface area contributed by atoms with E-state index in [2.05, 4.69) is 25.9 Å². The number of carbonyl (C=O) groups is 1. The maximum atomic E-state index is 12.5. The van der Waals surface area contributed by atoms with Gasteiger partial charge in [-0.2, -0.15) is 9.90 Å². The van der Waals surface area contributed by atoms with Gasteiger partial charge in [0.15, 0.2) is 11.5 Å². The third-order valence-electron chi connectivity index (χ3n) is 5.09. The number of rotatable bonds is 9. The molecule has 178 valence electrons. The zero-order chi connectivity index (χ0) is 24.6. The van der Waals surface area contributed by atoms with E-state index >= 15 is 0 Å². The average molecular weight is 473 g/mol. The first-order chi connectivity index (χ1) is 17.1. The van der Waals surface area contributed by atoms with Crippen LogP contribution in [0.4, 0.5) is 0 Å². The van der Waals surface area contributed by atoms with Gasteiger partial charge in [0.1, 0.15) is 0 Å². The van der Waals surface area contributed by atoms with E-state index in [4.69, 9.17) is 14.2 Å². The summed E-state index contributed by atoms with van der Waals surface area (Å²) in [5, 5.41) is 16.6. The predicted molar refractivity (Wildman–Crippen MR) is 130 cm³/mol. The summed E-state index contributed by atoms with van der Waals surface area (Å²) in [6, 6.07) is 20.2. The quantitative estimate of drug-likeness (QED) is 0.294. The largest absolute Gasteiger partial charge is 0.493 e. The lowest BCUT2D eigenvalue weighted by molar-refractivity contribution is 0.0955. The Kier molecular flexibility index (Phi) is 7.31. The third kappa shape index (κ3) is 5.61. The Bertz CT molecular complexity index is 1290. The van der Waals surface area contributed by atoms with Gasteiger partial charge in [-0.05, 0) is 35.0 Å². The zero-order valence-corrected chi connectivity index (χ0v) is 19.5. The highest BCUT2D eigenvalue weighted by Gasteiger charge is 2.12. The second-order valence-electron chi connectivity index (χ2n) is 7.36. The van der Waals surface area contributed by atoms with Gasteiger partial charge in [0.25, 0.3) is 5.91 Å². The fraction of sp³-hybridized carbons (Fsp3) is 0.160. The molecule has 0 saturated heterocycles. The van der Waals surface area contributed by atoms with Crippen LogP contribution in [0.1, 0.15) is 21.5 Å². The van der Waals surface area contributed by atoms with E-state index < -0.39 is 0 Å². The van der Waals surface area contributed by atoms with Crippen LogP contribution in [-0.4, -0.2) is 53.7 Å². The first-order valence-electron chi connectivity index (χ1n) is 10.7. The van der Waals surface area contributed by atoms with Crippen LogP contribution in [-0.2, 0) is 6.54 Å². The Labute approximate surface area is 202 Å². The van der Waals surface area contributed by atoms with Crippen molar-refractivity contribution in [2.24, 2.45) is 5.10 Å². The Morgan fingerprint density at radius 1 is 0.971 bits per heavy atom. The highest BCUT2D eigenvalue weighted by molar-refractivity contribution is 5.95. The number of nitrogens with one attached hydrogen (secondary N) is 1. The number of nitrogens with zero attached hydrogens (tertiary/aromatic N) is 5. The molecular formula is C25H24N6O4. The van der Waals surface area contributed by atoms with Crippen LogP contribution in [0.25, 0.3) is 11.4 Å². The van der Waals surface area contributed by atoms with Crippen molar-refractivity contribution in [3.63, 3.8) is 0 Å². The third-order valence-corrected chi connectivity index (χ3v) is 5.09. The van der Waals surface area contributed by atoms with Crippen LogP contribution in [0.2, 0.25) is 0 Å². The standard InChI is InChI=1S/C25H24N6O4/c1-33-21-13-18(14-22(34-2)23(21)35-3)15-26-28-25(32)20-11-9-17(10-12-20)16-31-29-24(27-30-31)19-7-5-4-6-8-19/h4-15H,16H2,1-3H3,(H,28,32)/b26-15+. The molecule has 1 aromatic heterocycles. The number of tetrazole rings is 1. The molecule has 35 heavy (non-hydrogen) atoms. The summed E-state index contributed by atoms with van der Waals surface area (Å²) in [4.78, 5) is 14.0. The minimum Gasteiger partial charge on any atom is -0.493 e. The molecule has 0 bridgehead atoms. The van der Waals surface area contributed by atoms with E-state index in [1.54, 1.807) is 24.3 Å². The molecule has 0 saturated carbocycles. The summed E-state index contributed by atoms with van der Waals surface area (Å²) in [6.07, 6.45) is 1.50. The van der Waals surface area contributed by atoms with Gasteiger partial charge < -0.3 is 14.2 Å². The molecule has 10 heteroatoms. The molecule has 0 atom stereocenters. The van der Waals surface area contributed by atoms with Crippen molar-refractivity contribution in [2.45, 2.75) is 6.54 Å². The minimum absolute atomic E-state index is 0.342. The second-order valence-corrected chi connectivity index (χ2v) is 7.36. The van der Waals surface area contributed by atoms with Crippen LogP contribution < -0.4 is 19.6 Å². The highest BCUT2D eigenvalue weighted by Crippen LogP contribution is 2.37. The molecule has 0 unspecified atom stereocenters. The number of benzene rings is 3. The van der Waals surface area contributed by atoms with Crippen LogP contribution in [0.3, 0.4) is 0 Å². The van der Waals surface area contributed by atoms with Gasteiger partial charge in [-0.3, -0.25) is 4.79 Å². The predicted octanol–water partition coefficient (Wildman–Crippen LogP) is 3.18. The first-order valence-corrected chi connectivity index (χ1v) is 10.7. The van der Waals surface area contributed by atoms with Crippen molar-refractivity contribution in [2.75, 3.05) is 21.3 Å². The molecule has 0 aliphatic heterocycles. The molecule has 1 amide bonds. The second kappa shape index (κ2) is 10.9. The maximum absolute atomic E-state index is 12.5. The van der Waals surface area contributed by atoms with Gasteiger partial charge in [-0.25, -0.2) is 5.43 Å². The summed E-state index contributed by atoms with van der Waals surface area (Å²) in [5.41, 5.74) is 5.49. The normalized spacial score (nSPS) is 10.8. The average Bonchev–Trinajstić information content (AvgIpc) is 3.37. The van der Waals surface area contributed by atoms with Crippen LogP contribution in [0.5, 0.6) is 17.2 Å². The number of ether oxygens (including phenoxy) is 3. The van der Waals surface area contributed by atoms with E-state index in [1.807, 2.05) is 42.5 Å². The molecule has 4 rings (SSSR count). The van der Waals surface area contributed by atoms with Crippen molar-refractivity contribution < 1.29 is 19.0 Å². The highest BCUT2D eigenvalue weighted by atomic mass is 16.5. The summed E-state index contributed by atoms with van der Waals surface area (Å²) >= 11 is 0. The molecule has 0 aliphatic rings. The van der Waals surface area contributed by atoms with Gasteiger partial charge in [0.05, 0.1) is 34.1 Å². The Morgan fingerprint density at radius 3 is 2.29 bits per heavy atom. The number of amides is 1. The van der Waals surface area contributed by atoms with Crippen molar-refractivity contribution in [1.29, 1.82) is 0 Å². The first kappa shape index (κ1) is 23.4. The minimum atomic E-state index is -0.342. The number of carbonyl (C=O) groups excluding carboxylic acids is 1. The Morgan fingerprint density at radius 2 is 1.66 bits per heavy atom. The van der Waals surface area contributed by atoms with E-state index in [1.165, 1.54) is 32.3 Å². The van der Waals surface area contributed by atoms with E-state index in [0.717, 1.165) is 11.1 Å². The van der Waals surface area contributed by atoms with Crippen molar-refractivity contribution in [1.82, 2.24) is 25.6 Å². The Balaban J connectivity index is 1.37. The topological polar surface area (TPSA) is 113 Å². The number of methoxy groups -OCH3 is 3. The van der Waals surface area contributed by atoms with Crippen LogP contribution in [0, 0.1) is 0 Å². The van der Waals surface area contributed by atoms with E-state index in [-0.39, 0.29) is 5.91 Å². The van der Waals surface area contributed by atoms with Crippen LogP contribution >= 0.6 is 0 Å². The zero-order valence-electron chi connectivity index (χ0n) is 19.5.